The van der Waals surface area contributed by atoms with Crippen LogP contribution in [-0.2, 0) is 0 Å². The molecule has 1 saturated carbocycles. The van der Waals surface area contributed by atoms with Gasteiger partial charge in [0.25, 0.3) is 5.91 Å². The molecule has 1 aliphatic carbocycles. The van der Waals surface area contributed by atoms with E-state index in [2.05, 4.69) is 45.3 Å². The third-order valence-electron chi connectivity index (χ3n) is 4.05. The standard InChI is InChI=1S/C14H23BrN4O.ClH/c1-8(2)12-11(15)13(19-18-12)14(20)17-10-6-4-3-5-9(10)7-16;/h8-10H,3-7,16H2,1-2H3,(H,17,20)(H,18,19);1H. The summed E-state index contributed by atoms with van der Waals surface area (Å²) in [5.41, 5.74) is 7.19. The highest BCUT2D eigenvalue weighted by atomic mass is 79.9. The lowest BCUT2D eigenvalue weighted by Crippen LogP contribution is -2.44. The molecule has 0 bridgehead atoms. The predicted octanol–water partition coefficient (Wildman–Crippen LogP) is 2.96. The number of nitrogens with two attached hydrogens (primary N) is 1. The summed E-state index contributed by atoms with van der Waals surface area (Å²) in [7, 11) is 0. The SMILES string of the molecule is CC(C)c1[nH]nc(C(=O)NC2CCCCC2CN)c1Br.Cl. The number of rotatable bonds is 4. The number of amides is 1. The van der Waals surface area contributed by atoms with E-state index in [1.54, 1.807) is 0 Å². The lowest BCUT2D eigenvalue weighted by molar-refractivity contribution is 0.0902. The molecule has 2 atom stereocenters. The third kappa shape index (κ3) is 4.20. The highest BCUT2D eigenvalue weighted by Crippen LogP contribution is 2.27. The Labute approximate surface area is 140 Å². The summed E-state index contributed by atoms with van der Waals surface area (Å²) in [6.45, 7) is 4.75. The normalized spacial score (nSPS) is 22.0. The maximum Gasteiger partial charge on any atom is 0.273 e. The predicted molar refractivity (Wildman–Crippen MR) is 89.9 cm³/mol. The Hall–Kier alpha value is -0.590. The van der Waals surface area contributed by atoms with Crippen LogP contribution in [-0.4, -0.2) is 28.7 Å². The number of aromatic amines is 1. The Morgan fingerprint density at radius 2 is 2.14 bits per heavy atom. The summed E-state index contributed by atoms with van der Waals surface area (Å²) < 4.78 is 0.769. The number of hydrogen-bond donors (Lipinski definition) is 3. The van der Waals surface area contributed by atoms with Crippen molar-refractivity contribution in [2.24, 2.45) is 11.7 Å². The molecule has 120 valence electrons. The molecule has 1 aliphatic rings. The zero-order valence-corrected chi connectivity index (χ0v) is 14.9. The van der Waals surface area contributed by atoms with Crippen LogP contribution in [0.3, 0.4) is 0 Å². The average Bonchev–Trinajstić information content (AvgIpc) is 2.81. The van der Waals surface area contributed by atoms with Gasteiger partial charge in [-0.2, -0.15) is 5.10 Å². The Kier molecular flexibility index (Phi) is 7.16. The smallest absolute Gasteiger partial charge is 0.273 e. The van der Waals surface area contributed by atoms with E-state index in [-0.39, 0.29) is 24.4 Å². The van der Waals surface area contributed by atoms with Crippen LogP contribution in [0.4, 0.5) is 0 Å². The first-order valence-electron chi connectivity index (χ1n) is 7.29. The lowest BCUT2D eigenvalue weighted by Gasteiger charge is -2.31. The van der Waals surface area contributed by atoms with Crippen molar-refractivity contribution in [1.82, 2.24) is 15.5 Å². The van der Waals surface area contributed by atoms with Gasteiger partial charge in [-0.3, -0.25) is 9.89 Å². The number of carbonyl (C=O) groups is 1. The van der Waals surface area contributed by atoms with Crippen molar-refractivity contribution >= 4 is 34.2 Å². The first-order chi connectivity index (χ1) is 9.54. The number of nitrogens with zero attached hydrogens (tertiary/aromatic N) is 1. The second-order valence-corrected chi connectivity index (χ2v) is 6.61. The molecule has 1 heterocycles. The highest BCUT2D eigenvalue weighted by molar-refractivity contribution is 9.10. The van der Waals surface area contributed by atoms with Gasteiger partial charge in [0.15, 0.2) is 5.69 Å². The minimum absolute atomic E-state index is 0. The van der Waals surface area contributed by atoms with Gasteiger partial charge in [-0.15, -0.1) is 12.4 Å². The van der Waals surface area contributed by atoms with Crippen LogP contribution in [0, 0.1) is 5.92 Å². The van der Waals surface area contributed by atoms with Gasteiger partial charge in [0.2, 0.25) is 0 Å². The van der Waals surface area contributed by atoms with Crippen LogP contribution >= 0.6 is 28.3 Å². The van der Waals surface area contributed by atoms with Crippen LogP contribution in [0.25, 0.3) is 0 Å². The number of carbonyl (C=O) groups excluding carboxylic acids is 1. The first kappa shape index (κ1) is 18.5. The Morgan fingerprint density at radius 1 is 1.48 bits per heavy atom. The molecule has 2 unspecified atom stereocenters. The number of halogens is 2. The zero-order chi connectivity index (χ0) is 14.7. The molecular formula is C14H24BrClN4O. The summed E-state index contributed by atoms with van der Waals surface area (Å²) in [6.07, 6.45) is 4.46. The molecule has 0 saturated heterocycles. The molecule has 7 heteroatoms. The fourth-order valence-corrected chi connectivity index (χ4v) is 3.61. The first-order valence-corrected chi connectivity index (χ1v) is 8.08. The van der Waals surface area contributed by atoms with Crippen LogP contribution < -0.4 is 11.1 Å². The maximum atomic E-state index is 12.4. The third-order valence-corrected chi connectivity index (χ3v) is 4.86. The van der Waals surface area contributed by atoms with E-state index in [1.165, 1.54) is 6.42 Å². The molecule has 1 aromatic rings. The van der Waals surface area contributed by atoms with Crippen LogP contribution in [0.5, 0.6) is 0 Å². The molecule has 2 rings (SSSR count). The fraction of sp³-hybridized carbons (Fsp3) is 0.714. The maximum absolute atomic E-state index is 12.4. The van der Waals surface area contributed by atoms with Gasteiger partial charge >= 0.3 is 0 Å². The molecule has 4 N–H and O–H groups in total. The molecular weight excluding hydrogens is 356 g/mol. The van der Waals surface area contributed by atoms with Crippen molar-refractivity contribution in [2.75, 3.05) is 6.54 Å². The molecule has 1 fully saturated rings. The summed E-state index contributed by atoms with van der Waals surface area (Å²) in [4.78, 5) is 12.4. The molecule has 0 spiro atoms. The summed E-state index contributed by atoms with van der Waals surface area (Å²) >= 11 is 3.47. The van der Waals surface area contributed by atoms with Gasteiger partial charge in [0.05, 0.1) is 10.2 Å². The van der Waals surface area contributed by atoms with Gasteiger partial charge in [-0.1, -0.05) is 26.7 Å². The fourth-order valence-electron chi connectivity index (χ4n) is 2.79. The quantitative estimate of drug-likeness (QED) is 0.752. The van der Waals surface area contributed by atoms with Crippen molar-refractivity contribution in [3.8, 4) is 0 Å². The molecule has 1 amide bonds. The molecule has 0 aliphatic heterocycles. The van der Waals surface area contributed by atoms with Crippen molar-refractivity contribution in [1.29, 1.82) is 0 Å². The largest absolute Gasteiger partial charge is 0.348 e. The highest BCUT2D eigenvalue weighted by Gasteiger charge is 2.27. The Balaban J connectivity index is 0.00000220. The lowest BCUT2D eigenvalue weighted by atomic mass is 9.84. The monoisotopic (exact) mass is 378 g/mol. The van der Waals surface area contributed by atoms with Crippen molar-refractivity contribution in [3.63, 3.8) is 0 Å². The minimum atomic E-state index is -0.120. The number of nitrogens with one attached hydrogen (secondary N) is 2. The van der Waals surface area contributed by atoms with Crippen LogP contribution in [0.1, 0.15) is 61.6 Å². The zero-order valence-electron chi connectivity index (χ0n) is 12.5. The Bertz CT molecular complexity index is 478. The molecule has 21 heavy (non-hydrogen) atoms. The minimum Gasteiger partial charge on any atom is -0.348 e. The molecule has 1 aromatic heterocycles. The van der Waals surface area contributed by atoms with Gasteiger partial charge < -0.3 is 11.1 Å². The van der Waals surface area contributed by atoms with E-state index in [9.17, 15) is 4.79 Å². The Morgan fingerprint density at radius 3 is 2.71 bits per heavy atom. The van der Waals surface area contributed by atoms with E-state index in [1.807, 2.05) is 0 Å². The molecule has 5 nitrogen and oxygen atoms in total. The van der Waals surface area contributed by atoms with E-state index in [4.69, 9.17) is 5.73 Å². The number of hydrogen-bond acceptors (Lipinski definition) is 3. The van der Waals surface area contributed by atoms with Crippen molar-refractivity contribution in [3.05, 3.63) is 15.9 Å². The van der Waals surface area contributed by atoms with Crippen LogP contribution in [0.15, 0.2) is 4.47 Å². The average molecular weight is 380 g/mol. The van der Waals surface area contributed by atoms with E-state index < -0.39 is 0 Å². The topological polar surface area (TPSA) is 83.8 Å². The second kappa shape index (κ2) is 8.15. The molecule has 0 aromatic carbocycles. The van der Waals surface area contributed by atoms with Gasteiger partial charge in [0.1, 0.15) is 0 Å². The summed E-state index contributed by atoms with van der Waals surface area (Å²) in [5.74, 6) is 0.560. The van der Waals surface area contributed by atoms with Gasteiger partial charge in [0, 0.05) is 6.04 Å². The van der Waals surface area contributed by atoms with Crippen molar-refractivity contribution < 1.29 is 4.79 Å². The van der Waals surface area contributed by atoms with E-state index in [0.29, 0.717) is 24.1 Å². The van der Waals surface area contributed by atoms with Gasteiger partial charge in [-0.05, 0) is 47.2 Å². The number of H-pyrrole nitrogens is 1. The second-order valence-electron chi connectivity index (χ2n) is 5.81. The number of aromatic nitrogens is 2. The van der Waals surface area contributed by atoms with Gasteiger partial charge in [-0.25, -0.2) is 0 Å². The van der Waals surface area contributed by atoms with Crippen LogP contribution in [0.2, 0.25) is 0 Å². The van der Waals surface area contributed by atoms with E-state index >= 15 is 0 Å². The van der Waals surface area contributed by atoms with Crippen molar-refractivity contribution in [2.45, 2.75) is 51.5 Å². The molecule has 0 radical (unpaired) electrons. The summed E-state index contributed by atoms with van der Waals surface area (Å²) in [5, 5.41) is 10.2. The summed E-state index contributed by atoms with van der Waals surface area (Å²) in [6, 6.07) is 0.173. The van der Waals surface area contributed by atoms with E-state index in [0.717, 1.165) is 29.4 Å².